The molecular weight excluding hydrogens is 282 g/mol. The van der Waals surface area contributed by atoms with Crippen LogP contribution in [0.3, 0.4) is 0 Å². The van der Waals surface area contributed by atoms with Crippen LogP contribution < -0.4 is 5.32 Å². The lowest BCUT2D eigenvalue weighted by atomic mass is 9.94. The molecule has 0 spiro atoms. The zero-order valence-corrected chi connectivity index (χ0v) is 13.5. The quantitative estimate of drug-likeness (QED) is 0.846. The van der Waals surface area contributed by atoms with Crippen LogP contribution in [-0.2, 0) is 11.2 Å². The van der Waals surface area contributed by atoms with E-state index in [0.717, 1.165) is 0 Å². The third-order valence-electron chi connectivity index (χ3n) is 4.73. The molecule has 2 aliphatic carbocycles. The number of nitrogens with one attached hydrogen (secondary N) is 1. The Morgan fingerprint density at radius 2 is 2.10 bits per heavy atom. The van der Waals surface area contributed by atoms with Crippen LogP contribution >= 0.6 is 11.3 Å². The molecule has 2 atom stereocenters. The Morgan fingerprint density at radius 3 is 2.95 bits per heavy atom. The van der Waals surface area contributed by atoms with Gasteiger partial charge < -0.3 is 15.2 Å². The lowest BCUT2D eigenvalue weighted by Gasteiger charge is -2.26. The minimum absolute atomic E-state index is 0.381. The smallest absolute Gasteiger partial charge is 0.0898 e. The molecular formula is C17H27NO2S. The minimum Gasteiger partial charge on any atom is -0.389 e. The Hall–Kier alpha value is -0.420. The summed E-state index contributed by atoms with van der Waals surface area (Å²) in [4.78, 5) is 1.52. The Bertz CT molecular complexity index is 428. The SMILES string of the molecule is OC(CNC1CCCc2sccc21)COC1CCCCC1. The van der Waals surface area contributed by atoms with Crippen molar-refractivity contribution < 1.29 is 9.84 Å². The summed E-state index contributed by atoms with van der Waals surface area (Å²) in [6, 6.07) is 2.66. The first kappa shape index (κ1) is 15.5. The molecule has 0 aromatic carbocycles. The molecule has 21 heavy (non-hydrogen) atoms. The fourth-order valence-electron chi connectivity index (χ4n) is 3.51. The van der Waals surface area contributed by atoms with Gasteiger partial charge >= 0.3 is 0 Å². The van der Waals surface area contributed by atoms with Crippen molar-refractivity contribution in [3.63, 3.8) is 0 Å². The highest BCUT2D eigenvalue weighted by atomic mass is 32.1. The van der Waals surface area contributed by atoms with Gasteiger partial charge in [-0.25, -0.2) is 0 Å². The summed E-state index contributed by atoms with van der Waals surface area (Å²) in [6.07, 6.45) is 9.88. The number of aliphatic hydroxyl groups is 1. The summed E-state index contributed by atoms with van der Waals surface area (Å²) in [6.45, 7) is 1.10. The normalized spacial score (nSPS) is 24.7. The van der Waals surface area contributed by atoms with Crippen LogP contribution in [0, 0.1) is 0 Å². The summed E-state index contributed by atoms with van der Waals surface area (Å²) in [5.41, 5.74) is 1.45. The van der Waals surface area contributed by atoms with Gasteiger partial charge in [-0.1, -0.05) is 19.3 Å². The number of hydrogen-bond donors (Lipinski definition) is 2. The van der Waals surface area contributed by atoms with Gasteiger partial charge in [0, 0.05) is 17.5 Å². The second-order valence-electron chi connectivity index (χ2n) is 6.40. The van der Waals surface area contributed by atoms with Gasteiger partial charge in [-0.15, -0.1) is 11.3 Å². The van der Waals surface area contributed by atoms with Crippen molar-refractivity contribution in [3.05, 3.63) is 21.9 Å². The van der Waals surface area contributed by atoms with E-state index in [2.05, 4.69) is 16.8 Å². The van der Waals surface area contributed by atoms with Crippen LogP contribution in [0.4, 0.5) is 0 Å². The highest BCUT2D eigenvalue weighted by molar-refractivity contribution is 7.10. The van der Waals surface area contributed by atoms with E-state index < -0.39 is 6.10 Å². The predicted molar refractivity (Wildman–Crippen MR) is 86.8 cm³/mol. The van der Waals surface area contributed by atoms with Crippen LogP contribution in [0.2, 0.25) is 0 Å². The predicted octanol–water partition coefficient (Wildman–Crippen LogP) is 3.43. The third kappa shape index (κ3) is 4.28. The Balaban J connectivity index is 1.39. The van der Waals surface area contributed by atoms with E-state index in [4.69, 9.17) is 4.74 Å². The zero-order valence-electron chi connectivity index (χ0n) is 12.7. The van der Waals surface area contributed by atoms with Crippen molar-refractivity contribution in [1.82, 2.24) is 5.32 Å². The van der Waals surface area contributed by atoms with E-state index >= 15 is 0 Å². The highest BCUT2D eigenvalue weighted by Gasteiger charge is 2.22. The minimum atomic E-state index is -0.393. The summed E-state index contributed by atoms with van der Waals surface area (Å²) >= 11 is 1.87. The summed E-state index contributed by atoms with van der Waals surface area (Å²) in [5, 5.41) is 15.8. The second-order valence-corrected chi connectivity index (χ2v) is 7.40. The molecule has 1 aromatic heterocycles. The molecule has 2 N–H and O–H groups in total. The van der Waals surface area contributed by atoms with Crippen molar-refractivity contribution in [2.45, 2.75) is 69.6 Å². The zero-order chi connectivity index (χ0) is 14.5. The van der Waals surface area contributed by atoms with Gasteiger partial charge in [0.1, 0.15) is 0 Å². The van der Waals surface area contributed by atoms with Gasteiger partial charge in [-0.3, -0.25) is 0 Å². The molecule has 0 bridgehead atoms. The molecule has 1 saturated carbocycles. The molecule has 0 aliphatic heterocycles. The fourth-order valence-corrected chi connectivity index (χ4v) is 4.50. The number of rotatable bonds is 6. The maximum absolute atomic E-state index is 10.1. The summed E-state index contributed by atoms with van der Waals surface area (Å²) in [7, 11) is 0. The molecule has 0 radical (unpaired) electrons. The van der Waals surface area contributed by atoms with Crippen molar-refractivity contribution in [3.8, 4) is 0 Å². The van der Waals surface area contributed by atoms with E-state index in [1.165, 1.54) is 61.8 Å². The van der Waals surface area contributed by atoms with Gasteiger partial charge in [-0.05, 0) is 49.1 Å². The van der Waals surface area contributed by atoms with Crippen LogP contribution in [0.15, 0.2) is 11.4 Å². The Labute approximate surface area is 131 Å². The Kier molecular flexibility index (Phi) is 5.69. The monoisotopic (exact) mass is 309 g/mol. The molecule has 0 amide bonds. The molecule has 1 aromatic rings. The number of hydrogen-bond acceptors (Lipinski definition) is 4. The van der Waals surface area contributed by atoms with E-state index in [-0.39, 0.29) is 0 Å². The molecule has 3 rings (SSSR count). The molecule has 118 valence electrons. The van der Waals surface area contributed by atoms with Gasteiger partial charge in [0.15, 0.2) is 0 Å². The fraction of sp³-hybridized carbons (Fsp3) is 0.765. The highest BCUT2D eigenvalue weighted by Crippen LogP contribution is 2.33. The Morgan fingerprint density at radius 1 is 1.24 bits per heavy atom. The second kappa shape index (κ2) is 7.73. The van der Waals surface area contributed by atoms with Crippen LogP contribution in [0.1, 0.15) is 61.4 Å². The van der Waals surface area contributed by atoms with Gasteiger partial charge in [0.05, 0.1) is 18.8 Å². The van der Waals surface area contributed by atoms with Crippen molar-refractivity contribution in [2.75, 3.05) is 13.2 Å². The number of ether oxygens (including phenoxy) is 1. The van der Waals surface area contributed by atoms with E-state index in [1.54, 1.807) is 0 Å². The molecule has 2 unspecified atom stereocenters. The van der Waals surface area contributed by atoms with Gasteiger partial charge in [0.2, 0.25) is 0 Å². The molecule has 1 heterocycles. The number of fused-ring (bicyclic) bond motifs is 1. The molecule has 4 heteroatoms. The average molecular weight is 309 g/mol. The van der Waals surface area contributed by atoms with Crippen LogP contribution in [0.5, 0.6) is 0 Å². The topological polar surface area (TPSA) is 41.5 Å². The van der Waals surface area contributed by atoms with E-state index in [9.17, 15) is 5.11 Å². The summed E-state index contributed by atoms with van der Waals surface area (Å²) < 4.78 is 5.85. The standard InChI is InChI=1S/C17H27NO2S/c19-13(12-20-14-5-2-1-3-6-14)11-18-16-7-4-8-17-15(16)9-10-21-17/h9-10,13-14,16,18-19H,1-8,11-12H2. The van der Waals surface area contributed by atoms with E-state index in [0.29, 0.717) is 25.3 Å². The first-order valence-electron chi connectivity index (χ1n) is 8.42. The lowest BCUT2D eigenvalue weighted by molar-refractivity contribution is -0.0237. The van der Waals surface area contributed by atoms with Crippen LogP contribution in [-0.4, -0.2) is 30.5 Å². The largest absolute Gasteiger partial charge is 0.389 e. The molecule has 0 saturated heterocycles. The molecule has 3 nitrogen and oxygen atoms in total. The maximum atomic E-state index is 10.1. The van der Waals surface area contributed by atoms with Crippen molar-refractivity contribution in [1.29, 1.82) is 0 Å². The summed E-state index contributed by atoms with van der Waals surface area (Å²) in [5.74, 6) is 0. The first-order valence-corrected chi connectivity index (χ1v) is 9.30. The number of thiophene rings is 1. The van der Waals surface area contributed by atoms with Crippen molar-refractivity contribution >= 4 is 11.3 Å². The molecule has 2 aliphatic rings. The van der Waals surface area contributed by atoms with Crippen LogP contribution in [0.25, 0.3) is 0 Å². The number of aliphatic hydroxyl groups excluding tert-OH is 1. The van der Waals surface area contributed by atoms with Crippen molar-refractivity contribution in [2.24, 2.45) is 0 Å². The van der Waals surface area contributed by atoms with Gasteiger partial charge in [-0.2, -0.15) is 0 Å². The average Bonchev–Trinajstić information content (AvgIpc) is 3.01. The van der Waals surface area contributed by atoms with Gasteiger partial charge in [0.25, 0.3) is 0 Å². The maximum Gasteiger partial charge on any atom is 0.0898 e. The molecule has 1 fully saturated rings. The first-order chi connectivity index (χ1) is 10.3. The number of aryl methyl sites for hydroxylation is 1. The lowest BCUT2D eigenvalue weighted by Crippen LogP contribution is -2.35. The third-order valence-corrected chi connectivity index (χ3v) is 5.72. The van der Waals surface area contributed by atoms with E-state index in [1.807, 2.05) is 11.3 Å².